The van der Waals surface area contributed by atoms with Gasteiger partial charge in [-0.2, -0.15) is 5.10 Å². The van der Waals surface area contributed by atoms with E-state index in [0.29, 0.717) is 27.3 Å². The minimum Gasteiger partial charge on any atom is -0.332 e. The monoisotopic (exact) mass is 659 g/mol. The highest BCUT2D eigenvalue weighted by atomic mass is 79.9. The standard InChI is InChI=1S/C33H38BrN7O3/c1-20-33(44)38-32-23(13-14-28(34)37-32)11-9-7-5-6-8-10-12-24-15-25(26-17-35-22(3)36-18-26)16-27-30(21(2)42)39-41(31(24)27)19-29(43)40(20)4/h13-18,20H,5-12,19H2,1-4H3,(H,37,38,44)/t20-/m0/s1. The van der Waals surface area contributed by atoms with Crippen molar-refractivity contribution in [1.29, 1.82) is 0 Å². The highest BCUT2D eigenvalue weighted by Crippen LogP contribution is 2.31. The van der Waals surface area contributed by atoms with Gasteiger partial charge in [0.2, 0.25) is 11.8 Å². The zero-order valence-corrected chi connectivity index (χ0v) is 27.3. The van der Waals surface area contributed by atoms with E-state index in [4.69, 9.17) is 0 Å². The summed E-state index contributed by atoms with van der Waals surface area (Å²) in [7, 11) is 1.61. The van der Waals surface area contributed by atoms with E-state index in [-0.39, 0.29) is 24.1 Å². The van der Waals surface area contributed by atoms with Crippen molar-refractivity contribution < 1.29 is 14.4 Å². The molecule has 1 aliphatic rings. The molecule has 0 spiro atoms. The Morgan fingerprint density at radius 3 is 2.30 bits per heavy atom. The van der Waals surface area contributed by atoms with Gasteiger partial charge in [0.05, 0.1) is 5.52 Å². The number of carbonyl (C=O) groups excluding carboxylic acids is 3. The number of rotatable bonds is 2. The zero-order valence-electron chi connectivity index (χ0n) is 25.7. The van der Waals surface area contributed by atoms with Crippen LogP contribution in [0.3, 0.4) is 0 Å². The Morgan fingerprint density at radius 2 is 1.61 bits per heavy atom. The first kappa shape index (κ1) is 31.4. The normalized spacial score (nSPS) is 17.4. The lowest BCUT2D eigenvalue weighted by atomic mass is 9.96. The predicted molar refractivity (Wildman–Crippen MR) is 173 cm³/mol. The average molecular weight is 661 g/mol. The summed E-state index contributed by atoms with van der Waals surface area (Å²) in [4.78, 5) is 54.4. The maximum Gasteiger partial charge on any atom is 0.248 e. The summed E-state index contributed by atoms with van der Waals surface area (Å²) in [6, 6.07) is 7.15. The Kier molecular flexibility index (Phi) is 9.83. The summed E-state index contributed by atoms with van der Waals surface area (Å²) in [5.41, 5.74) is 4.83. The Hall–Kier alpha value is -3.99. The van der Waals surface area contributed by atoms with Crippen molar-refractivity contribution in [3.63, 3.8) is 0 Å². The van der Waals surface area contributed by atoms with Gasteiger partial charge in [-0.25, -0.2) is 15.0 Å². The van der Waals surface area contributed by atoms with Crippen LogP contribution in [0.15, 0.2) is 41.3 Å². The highest BCUT2D eigenvalue weighted by Gasteiger charge is 2.26. The first-order valence-electron chi connectivity index (χ1n) is 15.2. The minimum atomic E-state index is -0.764. The number of likely N-dealkylation sites (N-methyl/N-ethyl adjacent to an activating group) is 1. The third-order valence-corrected chi connectivity index (χ3v) is 8.78. The van der Waals surface area contributed by atoms with Crippen molar-refractivity contribution in [2.24, 2.45) is 0 Å². The van der Waals surface area contributed by atoms with Crippen LogP contribution in [0.2, 0.25) is 0 Å². The van der Waals surface area contributed by atoms with Gasteiger partial charge in [0.1, 0.15) is 34.5 Å². The molecule has 0 unspecified atom stereocenters. The number of amides is 2. The fourth-order valence-corrected chi connectivity index (χ4v) is 5.95. The number of hydrogen-bond donors (Lipinski definition) is 1. The molecule has 1 aromatic carbocycles. The molecule has 5 rings (SSSR count). The average Bonchev–Trinajstić information content (AvgIpc) is 3.37. The Labute approximate surface area is 265 Å². The number of aryl methyl sites for hydroxylation is 3. The number of pyridine rings is 1. The van der Waals surface area contributed by atoms with Crippen LogP contribution in [-0.4, -0.2) is 60.3 Å². The molecule has 0 saturated heterocycles. The second-order valence-corrected chi connectivity index (χ2v) is 12.4. The maximum atomic E-state index is 13.6. The van der Waals surface area contributed by atoms with Gasteiger partial charge in [0, 0.05) is 37.3 Å². The van der Waals surface area contributed by atoms with Crippen LogP contribution in [0.5, 0.6) is 0 Å². The van der Waals surface area contributed by atoms with Crippen LogP contribution in [0.25, 0.3) is 22.0 Å². The molecule has 1 aliphatic heterocycles. The molecule has 0 radical (unpaired) electrons. The maximum absolute atomic E-state index is 13.6. The molecule has 0 bridgehead atoms. The predicted octanol–water partition coefficient (Wildman–Crippen LogP) is 6.09. The molecular weight excluding hydrogens is 622 g/mol. The van der Waals surface area contributed by atoms with Gasteiger partial charge in [-0.15, -0.1) is 0 Å². The number of ketones is 1. The van der Waals surface area contributed by atoms with Gasteiger partial charge in [-0.3, -0.25) is 19.1 Å². The molecule has 2 amide bonds. The quantitative estimate of drug-likeness (QED) is 0.204. The molecular formula is C33H38BrN7O3. The van der Waals surface area contributed by atoms with Crippen molar-refractivity contribution in [1.82, 2.24) is 29.6 Å². The van der Waals surface area contributed by atoms with E-state index in [2.05, 4.69) is 47.4 Å². The van der Waals surface area contributed by atoms with E-state index in [0.717, 1.165) is 79.1 Å². The lowest BCUT2D eigenvalue weighted by molar-refractivity contribution is -0.137. The molecule has 1 atom stereocenters. The number of carbonyl (C=O) groups is 3. The highest BCUT2D eigenvalue weighted by molar-refractivity contribution is 9.10. The lowest BCUT2D eigenvalue weighted by Crippen LogP contribution is -2.44. The molecule has 230 valence electrons. The Balaban J connectivity index is 1.53. The summed E-state index contributed by atoms with van der Waals surface area (Å²) in [6.45, 7) is 4.91. The van der Waals surface area contributed by atoms with Gasteiger partial charge in [-0.05, 0) is 90.4 Å². The smallest absolute Gasteiger partial charge is 0.248 e. The first-order valence-corrected chi connectivity index (χ1v) is 16.0. The molecule has 10 nitrogen and oxygen atoms in total. The van der Waals surface area contributed by atoms with Crippen molar-refractivity contribution in [2.75, 3.05) is 12.4 Å². The second-order valence-electron chi connectivity index (χ2n) is 11.5. The van der Waals surface area contributed by atoms with Crippen molar-refractivity contribution in [3.05, 3.63) is 63.9 Å². The third-order valence-electron chi connectivity index (χ3n) is 8.34. The summed E-state index contributed by atoms with van der Waals surface area (Å²) >= 11 is 3.41. The Bertz CT molecular complexity index is 1700. The van der Waals surface area contributed by atoms with Crippen LogP contribution in [0.4, 0.5) is 5.82 Å². The van der Waals surface area contributed by atoms with Gasteiger partial charge >= 0.3 is 0 Å². The number of hydrogen-bond acceptors (Lipinski definition) is 7. The number of Topliss-reactive ketones (excluding diaryl/α,β-unsaturated/α-hetero) is 1. The number of anilines is 1. The summed E-state index contributed by atoms with van der Waals surface area (Å²) in [6.07, 6.45) is 11.5. The number of halogens is 1. The molecule has 11 heteroatoms. The van der Waals surface area contributed by atoms with Crippen molar-refractivity contribution in [3.8, 4) is 11.1 Å². The molecule has 1 N–H and O–H groups in total. The molecule has 3 aromatic heterocycles. The van der Waals surface area contributed by atoms with Gasteiger partial charge < -0.3 is 10.2 Å². The van der Waals surface area contributed by atoms with Crippen LogP contribution >= 0.6 is 15.9 Å². The van der Waals surface area contributed by atoms with E-state index in [9.17, 15) is 14.4 Å². The van der Waals surface area contributed by atoms with E-state index in [1.165, 1.54) is 11.8 Å². The van der Waals surface area contributed by atoms with Crippen molar-refractivity contribution in [2.45, 2.75) is 84.7 Å². The SMILES string of the molecule is CC(=O)c1nn2c3c(cc(-c4cnc(C)nc4)cc13)CCCCCCCCc1ccc(Br)nc1NC(=O)[C@H](C)N(C)C(=O)C2. The van der Waals surface area contributed by atoms with Gasteiger partial charge in [-0.1, -0.05) is 31.7 Å². The van der Waals surface area contributed by atoms with Crippen LogP contribution in [0, 0.1) is 6.92 Å². The zero-order chi connectivity index (χ0) is 31.4. The van der Waals surface area contributed by atoms with E-state index >= 15 is 0 Å². The summed E-state index contributed by atoms with van der Waals surface area (Å²) < 4.78 is 2.26. The fraction of sp³-hybridized carbons (Fsp3) is 0.424. The van der Waals surface area contributed by atoms with E-state index in [1.807, 2.05) is 25.1 Å². The molecule has 0 fully saturated rings. The summed E-state index contributed by atoms with van der Waals surface area (Å²) in [5, 5.41) is 8.30. The third kappa shape index (κ3) is 7.04. The fourth-order valence-electron chi connectivity index (χ4n) is 5.64. The molecule has 0 aliphatic carbocycles. The topological polar surface area (TPSA) is 123 Å². The van der Waals surface area contributed by atoms with Crippen LogP contribution < -0.4 is 5.32 Å². The molecule has 0 saturated carbocycles. The van der Waals surface area contributed by atoms with E-state index in [1.54, 1.807) is 31.0 Å². The lowest BCUT2D eigenvalue weighted by Gasteiger charge is -2.24. The molecule has 4 heterocycles. The number of nitrogens with zero attached hydrogens (tertiary/aromatic N) is 6. The molecule has 4 aromatic rings. The summed E-state index contributed by atoms with van der Waals surface area (Å²) in [5.74, 6) is 0.387. The largest absolute Gasteiger partial charge is 0.332 e. The number of benzene rings is 1. The second kappa shape index (κ2) is 13.8. The minimum absolute atomic E-state index is 0.113. The van der Waals surface area contributed by atoms with Crippen molar-refractivity contribution >= 4 is 50.2 Å². The van der Waals surface area contributed by atoms with E-state index < -0.39 is 6.04 Å². The molecule has 44 heavy (non-hydrogen) atoms. The van der Waals surface area contributed by atoms with Crippen LogP contribution in [0.1, 0.15) is 79.8 Å². The first-order chi connectivity index (χ1) is 21.1. The number of nitrogens with one attached hydrogen (secondary N) is 1. The van der Waals surface area contributed by atoms with Gasteiger partial charge in [0.15, 0.2) is 5.78 Å². The van der Waals surface area contributed by atoms with Gasteiger partial charge in [0.25, 0.3) is 0 Å². The number of aromatic nitrogens is 5. The Morgan fingerprint density at radius 1 is 0.955 bits per heavy atom. The number of fused-ring (bicyclic) bond motifs is 1. The van der Waals surface area contributed by atoms with Crippen LogP contribution in [-0.2, 0) is 29.0 Å².